The number of rotatable bonds is 6. The lowest BCUT2D eigenvalue weighted by molar-refractivity contribution is -0.136. The normalized spacial score (nSPS) is 19.6. The van der Waals surface area contributed by atoms with Gasteiger partial charge in [-0.3, -0.25) is 9.69 Å². The van der Waals surface area contributed by atoms with Crippen molar-refractivity contribution in [3.8, 4) is 0 Å². The predicted octanol–water partition coefficient (Wildman–Crippen LogP) is -0.161. The smallest absolute Gasteiger partial charge is 0.248 e. The molecule has 0 bridgehead atoms. The summed E-state index contributed by atoms with van der Waals surface area (Å²) in [6.45, 7) is 3.79. The molecule has 1 aromatic carbocycles. The molecule has 6 heteroatoms. The molecule has 1 aliphatic rings. The molecule has 0 aromatic heterocycles. The van der Waals surface area contributed by atoms with Gasteiger partial charge in [-0.05, 0) is 24.1 Å². The molecule has 1 heterocycles. The molecule has 0 saturated carbocycles. The molecular weight excluding hydrogens is 294 g/mol. The van der Waals surface area contributed by atoms with Crippen molar-refractivity contribution in [2.75, 3.05) is 46.4 Å². The second-order valence-electron chi connectivity index (χ2n) is 6.02. The number of carbonyl (C=O) groups is 1. The van der Waals surface area contributed by atoms with Gasteiger partial charge in [0.1, 0.15) is 6.61 Å². The van der Waals surface area contributed by atoms with E-state index in [0.717, 1.165) is 19.5 Å². The molecule has 0 aliphatic carbocycles. The molecule has 3 N–H and O–H groups in total. The van der Waals surface area contributed by atoms with E-state index in [-0.39, 0.29) is 12.5 Å². The van der Waals surface area contributed by atoms with Crippen LogP contribution in [-0.4, -0.2) is 73.4 Å². The van der Waals surface area contributed by atoms with E-state index >= 15 is 0 Å². The van der Waals surface area contributed by atoms with Crippen LogP contribution in [-0.2, 0) is 22.5 Å². The van der Waals surface area contributed by atoms with Gasteiger partial charge in [-0.25, -0.2) is 0 Å². The van der Waals surface area contributed by atoms with Gasteiger partial charge in [-0.15, -0.1) is 0 Å². The number of aliphatic hydroxyl groups is 1. The Hall–Kier alpha value is -1.47. The van der Waals surface area contributed by atoms with Gasteiger partial charge >= 0.3 is 0 Å². The number of β-amino-alcohol motifs (C(OH)–C–C–N with tert-alkyl or cyclic N) is 1. The number of benzene rings is 1. The zero-order valence-electron chi connectivity index (χ0n) is 13.8. The van der Waals surface area contributed by atoms with Gasteiger partial charge in [0.2, 0.25) is 5.91 Å². The summed E-state index contributed by atoms with van der Waals surface area (Å²) in [5, 5.41) is 10.1. The van der Waals surface area contributed by atoms with Crippen LogP contribution in [0.25, 0.3) is 0 Å². The summed E-state index contributed by atoms with van der Waals surface area (Å²) in [6.07, 6.45) is 0.356. The Morgan fingerprint density at radius 2 is 1.96 bits per heavy atom. The monoisotopic (exact) mass is 321 g/mol. The molecule has 128 valence electrons. The number of methoxy groups -OCH3 is 1. The van der Waals surface area contributed by atoms with E-state index in [0.29, 0.717) is 26.2 Å². The first-order chi connectivity index (χ1) is 11.1. The fraction of sp³-hybridized carbons (Fsp3) is 0.588. The summed E-state index contributed by atoms with van der Waals surface area (Å²) in [5.41, 5.74) is 8.01. The van der Waals surface area contributed by atoms with Crippen molar-refractivity contribution < 1.29 is 14.6 Å². The maximum atomic E-state index is 11.9. The maximum Gasteiger partial charge on any atom is 0.248 e. The molecule has 2 rings (SSSR count). The lowest BCUT2D eigenvalue weighted by Crippen LogP contribution is -2.39. The van der Waals surface area contributed by atoms with Crippen molar-refractivity contribution in [1.82, 2.24) is 9.80 Å². The molecule has 0 radical (unpaired) electrons. The first-order valence-corrected chi connectivity index (χ1v) is 8.07. The van der Waals surface area contributed by atoms with Crippen LogP contribution in [0.5, 0.6) is 0 Å². The second-order valence-corrected chi connectivity index (χ2v) is 6.02. The number of amides is 1. The summed E-state index contributed by atoms with van der Waals surface area (Å²) in [6, 6.07) is 8.42. The van der Waals surface area contributed by atoms with Gasteiger partial charge in [-0.1, -0.05) is 24.3 Å². The van der Waals surface area contributed by atoms with E-state index < -0.39 is 6.10 Å². The minimum atomic E-state index is -0.533. The molecule has 6 nitrogen and oxygen atoms in total. The Bertz CT molecular complexity index is 492. The topological polar surface area (TPSA) is 79.0 Å². The molecule has 1 saturated heterocycles. The summed E-state index contributed by atoms with van der Waals surface area (Å²) in [4.78, 5) is 15.8. The average molecular weight is 321 g/mol. The molecular formula is C17H27N3O3. The van der Waals surface area contributed by atoms with E-state index in [2.05, 4.69) is 29.2 Å². The Kier molecular flexibility index (Phi) is 6.98. The van der Waals surface area contributed by atoms with Crippen LogP contribution < -0.4 is 5.73 Å². The fourth-order valence-electron chi connectivity index (χ4n) is 2.88. The average Bonchev–Trinajstić information content (AvgIpc) is 2.71. The third kappa shape index (κ3) is 5.58. The highest BCUT2D eigenvalue weighted by Gasteiger charge is 2.24. The Morgan fingerprint density at radius 3 is 2.61 bits per heavy atom. The molecule has 1 amide bonds. The van der Waals surface area contributed by atoms with Crippen LogP contribution in [0.3, 0.4) is 0 Å². The number of aliphatic hydroxyl groups excluding tert-OH is 1. The number of hydrogen-bond acceptors (Lipinski definition) is 5. The summed E-state index contributed by atoms with van der Waals surface area (Å²) >= 11 is 0. The number of nitrogens with zero attached hydrogens (tertiary/aromatic N) is 2. The van der Waals surface area contributed by atoms with Gasteiger partial charge in [0.05, 0.1) is 6.10 Å². The standard InChI is InChI=1S/C17H27N3O3/c1-23-13-17(22)20-9-8-19(11-16(21)12-20)10-15-4-2-14(3-5-15)6-7-18/h2-5,16,21H,6-13,18H2,1H3. The van der Waals surface area contributed by atoms with E-state index in [9.17, 15) is 9.90 Å². The zero-order valence-corrected chi connectivity index (χ0v) is 13.8. The largest absolute Gasteiger partial charge is 0.390 e. The van der Waals surface area contributed by atoms with Crippen molar-refractivity contribution in [3.05, 3.63) is 35.4 Å². The SMILES string of the molecule is COCC(=O)N1CCN(Cc2ccc(CCN)cc2)CC(O)C1. The van der Waals surface area contributed by atoms with Crippen molar-refractivity contribution in [1.29, 1.82) is 0 Å². The minimum Gasteiger partial charge on any atom is -0.390 e. The highest BCUT2D eigenvalue weighted by molar-refractivity contribution is 5.77. The second kappa shape index (κ2) is 8.98. The first kappa shape index (κ1) is 17.9. The Balaban J connectivity index is 1.91. The van der Waals surface area contributed by atoms with Crippen LogP contribution in [0, 0.1) is 0 Å². The molecule has 23 heavy (non-hydrogen) atoms. The molecule has 1 fully saturated rings. The quantitative estimate of drug-likeness (QED) is 0.761. The lowest BCUT2D eigenvalue weighted by atomic mass is 10.1. The van der Waals surface area contributed by atoms with Crippen molar-refractivity contribution >= 4 is 5.91 Å². The van der Waals surface area contributed by atoms with Crippen molar-refractivity contribution in [3.63, 3.8) is 0 Å². The minimum absolute atomic E-state index is 0.0648. The van der Waals surface area contributed by atoms with Crippen LogP contribution >= 0.6 is 0 Å². The predicted molar refractivity (Wildman–Crippen MR) is 88.9 cm³/mol. The Labute approximate surface area is 137 Å². The maximum absolute atomic E-state index is 11.9. The van der Waals surface area contributed by atoms with Gasteiger partial charge in [0.15, 0.2) is 0 Å². The van der Waals surface area contributed by atoms with Gasteiger partial charge in [0, 0.05) is 39.8 Å². The van der Waals surface area contributed by atoms with E-state index in [1.54, 1.807) is 4.90 Å². The number of nitrogens with two attached hydrogens (primary N) is 1. The highest BCUT2D eigenvalue weighted by atomic mass is 16.5. The third-order valence-electron chi connectivity index (χ3n) is 4.07. The van der Waals surface area contributed by atoms with E-state index in [1.165, 1.54) is 18.2 Å². The van der Waals surface area contributed by atoms with Crippen LogP contribution in [0.1, 0.15) is 11.1 Å². The molecule has 1 unspecified atom stereocenters. The van der Waals surface area contributed by atoms with Gasteiger partial charge < -0.3 is 20.5 Å². The summed E-state index contributed by atoms with van der Waals surface area (Å²) in [7, 11) is 1.51. The van der Waals surface area contributed by atoms with Crippen molar-refractivity contribution in [2.24, 2.45) is 5.73 Å². The molecule has 0 spiro atoms. The van der Waals surface area contributed by atoms with Crippen LogP contribution in [0.4, 0.5) is 0 Å². The van der Waals surface area contributed by atoms with Gasteiger partial charge in [0.25, 0.3) is 0 Å². The molecule has 1 aromatic rings. The Morgan fingerprint density at radius 1 is 1.26 bits per heavy atom. The van der Waals surface area contributed by atoms with Crippen LogP contribution in [0.2, 0.25) is 0 Å². The van der Waals surface area contributed by atoms with Crippen LogP contribution in [0.15, 0.2) is 24.3 Å². The number of ether oxygens (including phenoxy) is 1. The number of carbonyl (C=O) groups excluding carboxylic acids is 1. The van der Waals surface area contributed by atoms with E-state index in [1.807, 2.05) is 0 Å². The highest BCUT2D eigenvalue weighted by Crippen LogP contribution is 2.11. The zero-order chi connectivity index (χ0) is 16.7. The molecule has 1 aliphatic heterocycles. The lowest BCUT2D eigenvalue weighted by Gasteiger charge is -2.21. The molecule has 1 atom stereocenters. The van der Waals surface area contributed by atoms with E-state index in [4.69, 9.17) is 10.5 Å². The van der Waals surface area contributed by atoms with Gasteiger partial charge in [-0.2, -0.15) is 0 Å². The number of hydrogen-bond donors (Lipinski definition) is 2. The third-order valence-corrected chi connectivity index (χ3v) is 4.07. The summed E-state index contributed by atoms with van der Waals surface area (Å²) in [5.74, 6) is -0.0699. The first-order valence-electron chi connectivity index (χ1n) is 8.07. The summed E-state index contributed by atoms with van der Waals surface area (Å²) < 4.78 is 4.89. The fourth-order valence-corrected chi connectivity index (χ4v) is 2.88. The van der Waals surface area contributed by atoms with Crippen molar-refractivity contribution in [2.45, 2.75) is 19.1 Å².